The standard InChI is InChI=1S/C15H22FNO/c1-2-3-6-12-17-15(18)11-7-9-13-8-4-5-10-14(13)16/h4-5,8,10H,2-3,6-7,9,11-12H2,1H3,(H,17,18). The van der Waals surface area contributed by atoms with E-state index in [9.17, 15) is 9.18 Å². The number of unbranched alkanes of at least 4 members (excludes halogenated alkanes) is 2. The van der Waals surface area contributed by atoms with E-state index in [1.54, 1.807) is 12.1 Å². The first-order chi connectivity index (χ1) is 8.74. The summed E-state index contributed by atoms with van der Waals surface area (Å²) < 4.78 is 13.3. The predicted octanol–water partition coefficient (Wildman–Crippen LogP) is 3.45. The number of halogens is 1. The summed E-state index contributed by atoms with van der Waals surface area (Å²) in [6, 6.07) is 6.73. The second-order valence-electron chi connectivity index (χ2n) is 4.50. The average molecular weight is 251 g/mol. The molecule has 1 aromatic rings. The van der Waals surface area contributed by atoms with E-state index < -0.39 is 0 Å². The van der Waals surface area contributed by atoms with Gasteiger partial charge in [0, 0.05) is 13.0 Å². The van der Waals surface area contributed by atoms with Crippen molar-refractivity contribution in [2.24, 2.45) is 0 Å². The number of aryl methyl sites for hydroxylation is 1. The molecule has 0 atom stereocenters. The lowest BCUT2D eigenvalue weighted by Crippen LogP contribution is -2.24. The van der Waals surface area contributed by atoms with Crippen molar-refractivity contribution in [2.45, 2.75) is 45.4 Å². The van der Waals surface area contributed by atoms with Crippen LogP contribution in [0.4, 0.5) is 4.39 Å². The van der Waals surface area contributed by atoms with E-state index in [2.05, 4.69) is 12.2 Å². The van der Waals surface area contributed by atoms with Crippen molar-refractivity contribution in [3.63, 3.8) is 0 Å². The summed E-state index contributed by atoms with van der Waals surface area (Å²) in [5.74, 6) is -0.108. The molecule has 2 nitrogen and oxygen atoms in total. The van der Waals surface area contributed by atoms with E-state index in [-0.39, 0.29) is 11.7 Å². The lowest BCUT2D eigenvalue weighted by atomic mass is 10.1. The molecule has 0 radical (unpaired) electrons. The predicted molar refractivity (Wildman–Crippen MR) is 71.9 cm³/mol. The zero-order valence-electron chi connectivity index (χ0n) is 11.0. The Morgan fingerprint density at radius 1 is 1.22 bits per heavy atom. The zero-order valence-corrected chi connectivity index (χ0v) is 11.0. The van der Waals surface area contributed by atoms with Gasteiger partial charge in [0.2, 0.25) is 5.91 Å². The smallest absolute Gasteiger partial charge is 0.220 e. The summed E-state index contributed by atoms with van der Waals surface area (Å²) in [4.78, 5) is 11.5. The molecular weight excluding hydrogens is 229 g/mol. The Hall–Kier alpha value is -1.38. The minimum atomic E-state index is -0.180. The quantitative estimate of drug-likeness (QED) is 0.704. The highest BCUT2D eigenvalue weighted by Crippen LogP contribution is 2.09. The molecular formula is C15H22FNO. The molecule has 0 bridgehead atoms. The van der Waals surface area contributed by atoms with Gasteiger partial charge in [-0.2, -0.15) is 0 Å². The third-order valence-electron chi connectivity index (χ3n) is 2.91. The zero-order chi connectivity index (χ0) is 13.2. The molecule has 0 heterocycles. The van der Waals surface area contributed by atoms with Gasteiger partial charge in [0.05, 0.1) is 0 Å². The number of hydrogen-bond acceptors (Lipinski definition) is 1. The highest BCUT2D eigenvalue weighted by Gasteiger charge is 2.03. The second kappa shape index (κ2) is 8.67. The van der Waals surface area contributed by atoms with Crippen molar-refractivity contribution in [1.82, 2.24) is 5.32 Å². The molecule has 100 valence electrons. The van der Waals surface area contributed by atoms with Crippen LogP contribution in [0.5, 0.6) is 0 Å². The lowest BCUT2D eigenvalue weighted by Gasteiger charge is -2.05. The molecule has 1 N–H and O–H groups in total. The first-order valence-electron chi connectivity index (χ1n) is 6.74. The molecule has 1 aromatic carbocycles. The molecule has 0 aliphatic heterocycles. The van der Waals surface area contributed by atoms with Crippen molar-refractivity contribution in [2.75, 3.05) is 6.54 Å². The Kier molecular flexibility index (Phi) is 7.07. The van der Waals surface area contributed by atoms with E-state index in [4.69, 9.17) is 0 Å². The third-order valence-corrected chi connectivity index (χ3v) is 2.91. The third kappa shape index (κ3) is 5.80. The highest BCUT2D eigenvalue weighted by molar-refractivity contribution is 5.75. The molecule has 0 fully saturated rings. The molecule has 0 unspecified atom stereocenters. The SMILES string of the molecule is CCCCCNC(=O)CCCc1ccccc1F. The Bertz CT molecular complexity index is 365. The van der Waals surface area contributed by atoms with Crippen LogP contribution in [0.1, 0.15) is 44.6 Å². The fraction of sp³-hybridized carbons (Fsp3) is 0.533. The minimum Gasteiger partial charge on any atom is -0.356 e. The van der Waals surface area contributed by atoms with Gasteiger partial charge in [-0.1, -0.05) is 38.0 Å². The molecule has 1 rings (SSSR count). The number of amides is 1. The maximum absolute atomic E-state index is 13.3. The van der Waals surface area contributed by atoms with E-state index >= 15 is 0 Å². The van der Waals surface area contributed by atoms with Crippen LogP contribution in [0.15, 0.2) is 24.3 Å². The number of carbonyl (C=O) groups excluding carboxylic acids is 1. The van der Waals surface area contributed by atoms with Gasteiger partial charge in [-0.25, -0.2) is 4.39 Å². The number of benzene rings is 1. The van der Waals surface area contributed by atoms with Gasteiger partial charge in [-0.3, -0.25) is 4.79 Å². The minimum absolute atomic E-state index is 0.0717. The molecule has 0 aliphatic carbocycles. The maximum atomic E-state index is 13.3. The van der Waals surface area contributed by atoms with Crippen LogP contribution in [-0.4, -0.2) is 12.5 Å². The van der Waals surface area contributed by atoms with Gasteiger partial charge < -0.3 is 5.32 Å². The van der Waals surface area contributed by atoms with Gasteiger partial charge in [-0.05, 0) is 30.9 Å². The van der Waals surface area contributed by atoms with Crippen molar-refractivity contribution < 1.29 is 9.18 Å². The Labute approximate surface area is 109 Å². The molecule has 0 saturated heterocycles. The maximum Gasteiger partial charge on any atom is 0.220 e. The number of rotatable bonds is 8. The van der Waals surface area contributed by atoms with Gasteiger partial charge in [0.1, 0.15) is 5.82 Å². The molecule has 18 heavy (non-hydrogen) atoms. The van der Waals surface area contributed by atoms with E-state index in [0.717, 1.165) is 25.8 Å². The number of nitrogens with one attached hydrogen (secondary N) is 1. The fourth-order valence-electron chi connectivity index (χ4n) is 1.83. The van der Waals surface area contributed by atoms with Crippen LogP contribution < -0.4 is 5.32 Å². The fourth-order valence-corrected chi connectivity index (χ4v) is 1.83. The molecule has 1 amide bonds. The summed E-state index contributed by atoms with van der Waals surface area (Å²) in [5.41, 5.74) is 0.691. The van der Waals surface area contributed by atoms with Gasteiger partial charge >= 0.3 is 0 Å². The summed E-state index contributed by atoms with van der Waals surface area (Å²) in [5, 5.41) is 2.89. The number of hydrogen-bond donors (Lipinski definition) is 1. The van der Waals surface area contributed by atoms with Gasteiger partial charge in [0.25, 0.3) is 0 Å². The van der Waals surface area contributed by atoms with Crippen LogP contribution in [-0.2, 0) is 11.2 Å². The van der Waals surface area contributed by atoms with Crippen molar-refractivity contribution in [3.8, 4) is 0 Å². The molecule has 0 aromatic heterocycles. The number of carbonyl (C=O) groups is 1. The monoisotopic (exact) mass is 251 g/mol. The highest BCUT2D eigenvalue weighted by atomic mass is 19.1. The first kappa shape index (κ1) is 14.7. The largest absolute Gasteiger partial charge is 0.356 e. The lowest BCUT2D eigenvalue weighted by molar-refractivity contribution is -0.121. The van der Waals surface area contributed by atoms with Gasteiger partial charge in [0.15, 0.2) is 0 Å². The summed E-state index contributed by atoms with van der Waals surface area (Å²) in [6.45, 7) is 2.89. The van der Waals surface area contributed by atoms with Crippen LogP contribution >= 0.6 is 0 Å². The Balaban J connectivity index is 2.14. The molecule has 0 spiro atoms. The summed E-state index contributed by atoms with van der Waals surface area (Å²) >= 11 is 0. The van der Waals surface area contributed by atoms with E-state index in [1.807, 2.05) is 6.07 Å². The van der Waals surface area contributed by atoms with Crippen LogP contribution in [0, 0.1) is 5.82 Å². The van der Waals surface area contributed by atoms with E-state index in [0.29, 0.717) is 24.8 Å². The van der Waals surface area contributed by atoms with Crippen LogP contribution in [0.3, 0.4) is 0 Å². The molecule has 3 heteroatoms. The molecule has 0 saturated carbocycles. The van der Waals surface area contributed by atoms with Crippen LogP contribution in [0.2, 0.25) is 0 Å². The second-order valence-corrected chi connectivity index (χ2v) is 4.50. The van der Waals surface area contributed by atoms with Crippen molar-refractivity contribution in [3.05, 3.63) is 35.6 Å². The summed E-state index contributed by atoms with van der Waals surface area (Å²) in [7, 11) is 0. The normalized spacial score (nSPS) is 10.3. The van der Waals surface area contributed by atoms with Crippen molar-refractivity contribution in [1.29, 1.82) is 0 Å². The first-order valence-corrected chi connectivity index (χ1v) is 6.74. The Morgan fingerprint density at radius 2 is 2.00 bits per heavy atom. The Morgan fingerprint density at radius 3 is 2.72 bits per heavy atom. The topological polar surface area (TPSA) is 29.1 Å². The van der Waals surface area contributed by atoms with E-state index in [1.165, 1.54) is 6.07 Å². The van der Waals surface area contributed by atoms with Crippen molar-refractivity contribution >= 4 is 5.91 Å². The average Bonchev–Trinajstić information content (AvgIpc) is 2.37. The molecule has 0 aliphatic rings. The van der Waals surface area contributed by atoms with Gasteiger partial charge in [-0.15, -0.1) is 0 Å². The summed E-state index contributed by atoms with van der Waals surface area (Å²) in [6.07, 6.45) is 5.13. The van der Waals surface area contributed by atoms with Crippen LogP contribution in [0.25, 0.3) is 0 Å².